The summed E-state index contributed by atoms with van der Waals surface area (Å²) in [6, 6.07) is 9.15. The first kappa shape index (κ1) is 15.2. The molecule has 0 spiro atoms. The van der Waals surface area contributed by atoms with Crippen molar-refractivity contribution in [1.82, 2.24) is 0 Å². The molecule has 0 bridgehead atoms. The summed E-state index contributed by atoms with van der Waals surface area (Å²) in [5.41, 5.74) is 2.47. The van der Waals surface area contributed by atoms with Gasteiger partial charge in [0.15, 0.2) is 0 Å². The largest absolute Gasteiger partial charge is 0.378 e. The quantitative estimate of drug-likeness (QED) is 0.872. The zero-order valence-electron chi connectivity index (χ0n) is 11.1. The second-order valence-corrected chi connectivity index (χ2v) is 7.80. The number of rotatable bonds is 5. The first-order valence-electron chi connectivity index (χ1n) is 5.92. The fourth-order valence-corrected chi connectivity index (χ4v) is 3.31. The Morgan fingerprint density at radius 2 is 1.95 bits per heavy atom. The lowest BCUT2D eigenvalue weighted by molar-refractivity contribution is 0.607. The predicted octanol–water partition coefficient (Wildman–Crippen LogP) is 3.95. The van der Waals surface area contributed by atoms with Gasteiger partial charge in [0, 0.05) is 11.7 Å². The number of halogens is 1. The van der Waals surface area contributed by atoms with Gasteiger partial charge in [-0.25, -0.2) is 8.42 Å². The lowest BCUT2D eigenvalue weighted by Crippen LogP contribution is -2.10. The topological polar surface area (TPSA) is 58.2 Å². The summed E-state index contributed by atoms with van der Waals surface area (Å²) < 4.78 is 25.6. The Morgan fingerprint density at radius 1 is 1.25 bits per heavy atom. The molecule has 0 saturated heterocycles. The molecule has 1 aromatic heterocycles. The number of nitrogens with one attached hydrogen (secondary N) is 2. The molecule has 20 heavy (non-hydrogen) atoms. The molecule has 1 atom stereocenters. The second kappa shape index (κ2) is 6.03. The van der Waals surface area contributed by atoms with Gasteiger partial charge >= 0.3 is 0 Å². The third kappa shape index (κ3) is 4.40. The van der Waals surface area contributed by atoms with Crippen molar-refractivity contribution < 1.29 is 8.42 Å². The average Bonchev–Trinajstić information content (AvgIpc) is 2.74. The van der Waals surface area contributed by atoms with Gasteiger partial charge in [0.25, 0.3) is 0 Å². The van der Waals surface area contributed by atoms with Crippen LogP contribution < -0.4 is 10.0 Å². The number of thiophene rings is 1. The highest BCUT2D eigenvalue weighted by Gasteiger charge is 2.08. The molecular formula is C13H15ClN2O2S2. The fourth-order valence-electron chi connectivity index (χ4n) is 1.77. The molecule has 1 aromatic carbocycles. The molecule has 1 unspecified atom stereocenters. The Hall–Kier alpha value is -1.24. The maximum Gasteiger partial charge on any atom is 0.229 e. The molecule has 0 saturated carbocycles. The fraction of sp³-hybridized carbons (Fsp3) is 0.231. The number of sulfonamides is 1. The van der Waals surface area contributed by atoms with Crippen molar-refractivity contribution in [3.05, 3.63) is 45.6 Å². The minimum Gasteiger partial charge on any atom is -0.378 e. The van der Waals surface area contributed by atoms with Crippen LogP contribution in [0.1, 0.15) is 18.5 Å². The molecule has 7 heteroatoms. The smallest absolute Gasteiger partial charge is 0.229 e. The zero-order chi connectivity index (χ0) is 14.8. The van der Waals surface area contributed by atoms with Gasteiger partial charge in [-0.1, -0.05) is 17.7 Å². The van der Waals surface area contributed by atoms with E-state index in [1.54, 1.807) is 18.2 Å². The van der Waals surface area contributed by atoms with Crippen molar-refractivity contribution in [2.24, 2.45) is 0 Å². The van der Waals surface area contributed by atoms with Crippen molar-refractivity contribution >= 4 is 44.3 Å². The van der Waals surface area contributed by atoms with E-state index in [9.17, 15) is 8.42 Å². The van der Waals surface area contributed by atoms with Crippen LogP contribution >= 0.6 is 22.9 Å². The van der Waals surface area contributed by atoms with E-state index in [1.807, 2.05) is 24.4 Å². The molecule has 0 fully saturated rings. The number of hydrogen-bond acceptors (Lipinski definition) is 4. The molecule has 2 rings (SSSR count). The predicted molar refractivity (Wildman–Crippen MR) is 86.3 cm³/mol. The molecule has 0 radical (unpaired) electrons. The highest BCUT2D eigenvalue weighted by atomic mass is 35.5. The minimum atomic E-state index is -3.26. The van der Waals surface area contributed by atoms with Gasteiger partial charge in [0.2, 0.25) is 10.0 Å². The van der Waals surface area contributed by atoms with Gasteiger partial charge in [-0.3, -0.25) is 4.72 Å². The van der Waals surface area contributed by atoms with Gasteiger partial charge < -0.3 is 5.32 Å². The minimum absolute atomic E-state index is 0.0900. The van der Waals surface area contributed by atoms with E-state index in [1.165, 1.54) is 11.3 Å². The first-order valence-corrected chi connectivity index (χ1v) is 9.07. The monoisotopic (exact) mass is 330 g/mol. The van der Waals surface area contributed by atoms with E-state index < -0.39 is 10.0 Å². The van der Waals surface area contributed by atoms with Crippen molar-refractivity contribution in [2.45, 2.75) is 13.0 Å². The van der Waals surface area contributed by atoms with Crippen LogP contribution in [0.15, 0.2) is 35.7 Å². The standard InChI is InChI=1S/C13H15ClN2O2S2/c1-9(10-6-13(14)19-8-10)15-11-4-3-5-12(7-11)16-20(2,17)18/h3-9,15-16H,1-2H3. The van der Waals surface area contributed by atoms with Crippen LogP contribution in [0.2, 0.25) is 4.34 Å². The van der Waals surface area contributed by atoms with E-state index >= 15 is 0 Å². The van der Waals surface area contributed by atoms with Gasteiger partial charge in [0.05, 0.1) is 16.3 Å². The summed E-state index contributed by atoms with van der Waals surface area (Å²) in [6.45, 7) is 2.02. The second-order valence-electron chi connectivity index (χ2n) is 4.51. The zero-order valence-corrected chi connectivity index (χ0v) is 13.4. The van der Waals surface area contributed by atoms with E-state index in [0.717, 1.165) is 21.8 Å². The van der Waals surface area contributed by atoms with Crippen LogP contribution in [0.25, 0.3) is 0 Å². The van der Waals surface area contributed by atoms with Crippen LogP contribution in [0, 0.1) is 0 Å². The summed E-state index contributed by atoms with van der Waals surface area (Å²) in [4.78, 5) is 0. The van der Waals surface area contributed by atoms with Crippen molar-refractivity contribution in [2.75, 3.05) is 16.3 Å². The molecule has 0 aliphatic rings. The molecule has 108 valence electrons. The highest BCUT2D eigenvalue weighted by Crippen LogP contribution is 2.27. The molecule has 0 aliphatic carbocycles. The van der Waals surface area contributed by atoms with E-state index in [2.05, 4.69) is 10.0 Å². The van der Waals surface area contributed by atoms with Gasteiger partial charge in [0.1, 0.15) is 0 Å². The molecule has 2 aromatic rings. The van der Waals surface area contributed by atoms with Crippen LogP contribution in [-0.4, -0.2) is 14.7 Å². The Balaban J connectivity index is 2.11. The average molecular weight is 331 g/mol. The molecule has 4 nitrogen and oxygen atoms in total. The van der Waals surface area contributed by atoms with E-state index in [0.29, 0.717) is 5.69 Å². The molecule has 2 N–H and O–H groups in total. The molecule has 0 aliphatic heterocycles. The Bertz CT molecular complexity index is 698. The normalized spacial score (nSPS) is 12.9. The van der Waals surface area contributed by atoms with Gasteiger partial charge in [-0.05, 0) is 42.1 Å². The van der Waals surface area contributed by atoms with E-state index in [4.69, 9.17) is 11.6 Å². The van der Waals surface area contributed by atoms with Gasteiger partial charge in [-0.15, -0.1) is 11.3 Å². The van der Waals surface area contributed by atoms with E-state index in [-0.39, 0.29) is 6.04 Å². The number of anilines is 2. The van der Waals surface area contributed by atoms with Crippen LogP contribution in [0.3, 0.4) is 0 Å². The Kier molecular flexibility index (Phi) is 4.57. The van der Waals surface area contributed by atoms with Crippen molar-refractivity contribution in [3.63, 3.8) is 0 Å². The molecule has 1 heterocycles. The van der Waals surface area contributed by atoms with Gasteiger partial charge in [-0.2, -0.15) is 0 Å². The number of hydrogen-bond donors (Lipinski definition) is 2. The summed E-state index contributed by atoms with van der Waals surface area (Å²) in [6.07, 6.45) is 1.13. The van der Waals surface area contributed by atoms with Crippen LogP contribution in [-0.2, 0) is 10.0 Å². The van der Waals surface area contributed by atoms with Crippen LogP contribution in [0.4, 0.5) is 11.4 Å². The SMILES string of the molecule is CC(Nc1cccc(NS(C)(=O)=O)c1)c1csc(Cl)c1. The van der Waals surface area contributed by atoms with Crippen LogP contribution in [0.5, 0.6) is 0 Å². The Labute approximate surface area is 127 Å². The third-order valence-corrected chi connectivity index (χ3v) is 4.35. The maximum atomic E-state index is 11.2. The highest BCUT2D eigenvalue weighted by molar-refractivity contribution is 7.92. The summed E-state index contributed by atoms with van der Waals surface area (Å²) in [7, 11) is -3.26. The maximum absolute atomic E-state index is 11.2. The third-order valence-electron chi connectivity index (χ3n) is 2.64. The Morgan fingerprint density at radius 3 is 2.55 bits per heavy atom. The van der Waals surface area contributed by atoms with Crippen molar-refractivity contribution in [3.8, 4) is 0 Å². The summed E-state index contributed by atoms with van der Waals surface area (Å²) in [5.74, 6) is 0. The van der Waals surface area contributed by atoms with Crippen molar-refractivity contribution in [1.29, 1.82) is 0 Å². The molecular weight excluding hydrogens is 316 g/mol. The number of benzene rings is 1. The molecule has 0 amide bonds. The summed E-state index contributed by atoms with van der Waals surface area (Å²) >= 11 is 7.41. The lowest BCUT2D eigenvalue weighted by Gasteiger charge is -2.15. The lowest BCUT2D eigenvalue weighted by atomic mass is 10.1. The first-order chi connectivity index (χ1) is 9.33. The summed E-state index contributed by atoms with van der Waals surface area (Å²) in [5, 5.41) is 5.31.